The van der Waals surface area contributed by atoms with E-state index in [1.54, 1.807) is 27.4 Å². The normalized spacial score (nSPS) is 14.5. The van der Waals surface area contributed by atoms with Crippen LogP contribution < -0.4 is 18.9 Å². The van der Waals surface area contributed by atoms with Gasteiger partial charge in [0, 0.05) is 0 Å². The molecule has 4 rings (SSSR count). The smallest absolute Gasteiger partial charge is 0.174 e. The van der Waals surface area contributed by atoms with Gasteiger partial charge in [0.2, 0.25) is 0 Å². The van der Waals surface area contributed by atoms with Crippen molar-refractivity contribution in [2.24, 2.45) is 0 Å². The van der Waals surface area contributed by atoms with E-state index in [0.717, 1.165) is 16.7 Å². The zero-order valence-corrected chi connectivity index (χ0v) is 20.3. The molecule has 0 spiro atoms. The van der Waals surface area contributed by atoms with Crippen molar-refractivity contribution < 1.29 is 23.7 Å². The van der Waals surface area contributed by atoms with Crippen LogP contribution in [0.1, 0.15) is 46.8 Å². The molecule has 1 unspecified atom stereocenters. The van der Waals surface area contributed by atoms with Gasteiger partial charge in [-0.2, -0.15) is 0 Å². The summed E-state index contributed by atoms with van der Waals surface area (Å²) in [5.74, 6) is 1.95. The number of carbonyl (C=O) groups excluding carboxylic acids is 1. The largest absolute Gasteiger partial charge is 0.495 e. The van der Waals surface area contributed by atoms with Crippen molar-refractivity contribution in [3.8, 4) is 23.0 Å². The lowest BCUT2D eigenvalue weighted by molar-refractivity contribution is 0.0955. The molecule has 1 aliphatic rings. The maximum absolute atomic E-state index is 14.1. The number of hydrogen-bond donors (Lipinski definition) is 0. The van der Waals surface area contributed by atoms with Crippen LogP contribution in [0, 0.1) is 0 Å². The number of ether oxygens (including phenoxy) is 4. The molecule has 0 aromatic heterocycles. The molecule has 0 saturated heterocycles. The Bertz CT molecular complexity index is 1210. The Morgan fingerprint density at radius 3 is 2.32 bits per heavy atom. The second kappa shape index (κ2) is 9.64. The van der Waals surface area contributed by atoms with Gasteiger partial charge in [-0.1, -0.05) is 36.4 Å². The number of ketones is 1. The zero-order valence-electron chi connectivity index (χ0n) is 20.3. The average Bonchev–Trinajstić information content (AvgIpc) is 2.85. The molecule has 1 aliphatic heterocycles. The highest BCUT2D eigenvalue weighted by molar-refractivity contribution is 6.04. The Kier molecular flexibility index (Phi) is 6.64. The number of benzene rings is 3. The zero-order chi connectivity index (χ0) is 24.3. The van der Waals surface area contributed by atoms with Gasteiger partial charge in [0.15, 0.2) is 17.3 Å². The molecule has 3 aromatic rings. The molecule has 0 saturated carbocycles. The van der Waals surface area contributed by atoms with Crippen LogP contribution in [-0.4, -0.2) is 32.7 Å². The lowest BCUT2D eigenvalue weighted by Gasteiger charge is -2.29. The number of Topliss-reactive ketones (excluding diaryl/α,β-unsaturated/α-hetero) is 1. The van der Waals surface area contributed by atoms with E-state index in [-0.39, 0.29) is 5.78 Å². The van der Waals surface area contributed by atoms with Crippen molar-refractivity contribution in [3.63, 3.8) is 0 Å². The minimum absolute atomic E-state index is 0.0334. The van der Waals surface area contributed by atoms with Gasteiger partial charge in [0.05, 0.1) is 38.4 Å². The molecule has 3 aromatic carbocycles. The van der Waals surface area contributed by atoms with Gasteiger partial charge in [-0.05, 0) is 67.8 Å². The van der Waals surface area contributed by atoms with Crippen LogP contribution in [0.2, 0.25) is 0 Å². The quantitative estimate of drug-likeness (QED) is 0.382. The van der Waals surface area contributed by atoms with E-state index in [1.807, 2.05) is 80.6 Å². The Balaban J connectivity index is 1.80. The standard InChI is InChI=1S/C29H30O5/c1-29(2)16-15-21-24(34-29)14-12-22(28(21)33-5)27(30)23(17-19-9-7-6-8-10-19)20-11-13-25(31-3)26(18-20)32-4/h6-16,18,23H,17H2,1-5H3. The second-order valence-electron chi connectivity index (χ2n) is 8.82. The SMILES string of the molecule is COc1ccc(C(Cc2ccccc2)C(=O)c2ccc3c(c2OC)C=CC(C)(C)O3)cc1OC. The van der Waals surface area contributed by atoms with Gasteiger partial charge in [0.25, 0.3) is 0 Å². The molecular weight excluding hydrogens is 428 g/mol. The third-order valence-corrected chi connectivity index (χ3v) is 6.06. The second-order valence-corrected chi connectivity index (χ2v) is 8.82. The number of rotatable bonds is 8. The predicted molar refractivity (Wildman–Crippen MR) is 133 cm³/mol. The summed E-state index contributed by atoms with van der Waals surface area (Å²) in [5, 5.41) is 0. The van der Waals surface area contributed by atoms with Crippen LogP contribution >= 0.6 is 0 Å². The summed E-state index contributed by atoms with van der Waals surface area (Å²) >= 11 is 0. The molecule has 0 aliphatic carbocycles. The number of hydrogen-bond acceptors (Lipinski definition) is 5. The summed E-state index contributed by atoms with van der Waals surface area (Å²) in [6, 6.07) is 19.3. The average molecular weight is 459 g/mol. The molecule has 0 bridgehead atoms. The van der Waals surface area contributed by atoms with Gasteiger partial charge in [-0.3, -0.25) is 4.79 Å². The van der Waals surface area contributed by atoms with E-state index in [4.69, 9.17) is 18.9 Å². The van der Waals surface area contributed by atoms with Crippen LogP contribution in [0.25, 0.3) is 6.08 Å². The van der Waals surface area contributed by atoms with Crippen LogP contribution in [0.3, 0.4) is 0 Å². The number of methoxy groups -OCH3 is 3. The van der Waals surface area contributed by atoms with Crippen LogP contribution in [0.15, 0.2) is 66.7 Å². The summed E-state index contributed by atoms with van der Waals surface area (Å²) < 4.78 is 22.8. The van der Waals surface area contributed by atoms with E-state index in [1.165, 1.54) is 0 Å². The minimum atomic E-state index is -0.445. The van der Waals surface area contributed by atoms with Crippen molar-refractivity contribution in [3.05, 3.63) is 89.0 Å². The van der Waals surface area contributed by atoms with Crippen molar-refractivity contribution in [1.82, 2.24) is 0 Å². The first-order valence-corrected chi connectivity index (χ1v) is 11.3. The fourth-order valence-corrected chi connectivity index (χ4v) is 4.31. The molecule has 1 atom stereocenters. The van der Waals surface area contributed by atoms with Gasteiger partial charge in [-0.25, -0.2) is 0 Å². The van der Waals surface area contributed by atoms with Crippen LogP contribution in [-0.2, 0) is 6.42 Å². The van der Waals surface area contributed by atoms with Crippen molar-refractivity contribution in [2.75, 3.05) is 21.3 Å². The molecule has 0 N–H and O–H groups in total. The number of fused-ring (bicyclic) bond motifs is 1. The van der Waals surface area contributed by atoms with Gasteiger partial charge in [0.1, 0.15) is 17.1 Å². The lowest BCUT2D eigenvalue weighted by Crippen LogP contribution is -2.28. The first kappa shape index (κ1) is 23.4. The first-order valence-electron chi connectivity index (χ1n) is 11.3. The molecule has 0 amide bonds. The van der Waals surface area contributed by atoms with E-state index in [0.29, 0.717) is 35.0 Å². The Morgan fingerprint density at radius 2 is 1.65 bits per heavy atom. The van der Waals surface area contributed by atoms with Gasteiger partial charge >= 0.3 is 0 Å². The molecule has 1 heterocycles. The maximum atomic E-state index is 14.1. The summed E-state index contributed by atoms with van der Waals surface area (Å²) in [4.78, 5) is 14.1. The van der Waals surface area contributed by atoms with E-state index < -0.39 is 11.5 Å². The maximum Gasteiger partial charge on any atom is 0.174 e. The molecular formula is C29H30O5. The molecule has 5 nitrogen and oxygen atoms in total. The Morgan fingerprint density at radius 1 is 0.912 bits per heavy atom. The first-order chi connectivity index (χ1) is 16.4. The topological polar surface area (TPSA) is 54.0 Å². The predicted octanol–water partition coefficient (Wildman–Crippen LogP) is 6.11. The summed E-state index contributed by atoms with van der Waals surface area (Å²) in [6.45, 7) is 3.98. The van der Waals surface area contributed by atoms with Gasteiger partial charge in [-0.15, -0.1) is 0 Å². The highest BCUT2D eigenvalue weighted by Gasteiger charge is 2.30. The highest BCUT2D eigenvalue weighted by Crippen LogP contribution is 2.41. The molecule has 34 heavy (non-hydrogen) atoms. The Labute approximate surface area is 200 Å². The molecule has 0 fully saturated rings. The van der Waals surface area contributed by atoms with Crippen LogP contribution in [0.4, 0.5) is 0 Å². The third kappa shape index (κ3) is 4.65. The van der Waals surface area contributed by atoms with E-state index >= 15 is 0 Å². The van der Waals surface area contributed by atoms with Crippen molar-refractivity contribution in [2.45, 2.75) is 31.8 Å². The van der Waals surface area contributed by atoms with Gasteiger partial charge < -0.3 is 18.9 Å². The van der Waals surface area contributed by atoms with E-state index in [2.05, 4.69) is 0 Å². The summed E-state index contributed by atoms with van der Waals surface area (Å²) in [5.41, 5.74) is 2.79. The minimum Gasteiger partial charge on any atom is -0.495 e. The Hall–Kier alpha value is -3.73. The fraction of sp³-hybridized carbons (Fsp3) is 0.276. The lowest BCUT2D eigenvalue weighted by atomic mass is 9.84. The van der Waals surface area contributed by atoms with Crippen molar-refractivity contribution in [1.29, 1.82) is 0 Å². The fourth-order valence-electron chi connectivity index (χ4n) is 4.31. The molecule has 0 radical (unpaired) electrons. The van der Waals surface area contributed by atoms with E-state index in [9.17, 15) is 4.79 Å². The monoisotopic (exact) mass is 458 g/mol. The molecule has 5 heteroatoms. The third-order valence-electron chi connectivity index (χ3n) is 6.06. The highest BCUT2D eigenvalue weighted by atomic mass is 16.5. The van der Waals surface area contributed by atoms with Crippen LogP contribution in [0.5, 0.6) is 23.0 Å². The number of carbonyl (C=O) groups is 1. The summed E-state index contributed by atoms with van der Waals surface area (Å²) in [6.07, 6.45) is 4.48. The summed E-state index contributed by atoms with van der Waals surface area (Å²) in [7, 11) is 4.78. The van der Waals surface area contributed by atoms with Crippen molar-refractivity contribution >= 4 is 11.9 Å². The molecule has 176 valence electrons.